The molecule has 8 N–H and O–H groups in total. The van der Waals surface area contributed by atoms with Crippen LogP contribution in [0.4, 0.5) is 37.7 Å². The summed E-state index contributed by atoms with van der Waals surface area (Å²) in [5.41, 5.74) is 8.87. The molecular weight excluding hydrogens is 762 g/mol. The maximum absolute atomic E-state index is 13.0. The van der Waals surface area contributed by atoms with Gasteiger partial charge in [-0.3, -0.25) is 24.8 Å². The molecule has 0 atom stereocenters. The smallest absolute Gasteiger partial charge is 0.490 e. The highest BCUT2D eigenvalue weighted by Crippen LogP contribution is 2.19. The molecule has 300 valence electrons. The Kier molecular flexibility index (Phi) is 15.9. The highest BCUT2D eigenvalue weighted by atomic mass is 19.4. The van der Waals surface area contributed by atoms with Crippen molar-refractivity contribution in [1.82, 2.24) is 19.4 Å². The third-order valence-electron chi connectivity index (χ3n) is 6.77. The Morgan fingerprint density at radius 2 is 1.29 bits per heavy atom. The van der Waals surface area contributed by atoms with Crippen LogP contribution < -0.4 is 26.4 Å². The molecule has 4 aromatic rings. The number of benzene rings is 1. The number of hydrogen-bond acceptors (Lipinski definition) is 8. The number of nitrogens with one attached hydrogen (secondary N) is 4. The Morgan fingerprint density at radius 3 is 1.71 bits per heavy atom. The minimum Gasteiger partial charge on any atom is -0.497 e. The van der Waals surface area contributed by atoms with E-state index in [1.165, 1.54) is 6.20 Å². The fourth-order valence-electron chi connectivity index (χ4n) is 4.05. The number of carboxylic acid groups (broad SMARTS) is 2. The van der Waals surface area contributed by atoms with E-state index in [1.54, 1.807) is 67.0 Å². The van der Waals surface area contributed by atoms with Crippen molar-refractivity contribution < 1.29 is 65.3 Å². The summed E-state index contributed by atoms with van der Waals surface area (Å²) in [4.78, 5) is 60.3. The average molecular weight is 797 g/mol. The lowest BCUT2D eigenvalue weighted by Crippen LogP contribution is -2.28. The van der Waals surface area contributed by atoms with Crippen LogP contribution in [0.1, 0.15) is 49.0 Å². The lowest BCUT2D eigenvalue weighted by Gasteiger charge is -2.04. The van der Waals surface area contributed by atoms with Gasteiger partial charge in [0.05, 0.1) is 35.6 Å². The summed E-state index contributed by atoms with van der Waals surface area (Å²) in [6.45, 7) is 0.237. The number of aromatic nitrogens is 3. The van der Waals surface area contributed by atoms with E-state index in [0.717, 1.165) is 11.3 Å². The van der Waals surface area contributed by atoms with E-state index in [2.05, 4.69) is 20.9 Å². The molecule has 0 aliphatic rings. The van der Waals surface area contributed by atoms with Crippen LogP contribution in [0.3, 0.4) is 0 Å². The predicted molar refractivity (Wildman–Crippen MR) is 189 cm³/mol. The molecule has 3 heterocycles. The van der Waals surface area contributed by atoms with Crippen LogP contribution in [0.2, 0.25) is 0 Å². The standard InChI is InChI=1S/C30H32N8O4.2C2HF3O2/c1-37-18-23(14-25(37)29(40)33-13-12-27(31)32)36-30(41)26-15-22(17-38(26)2)35-28(39)20-7-9-21(34-16-20)8-4-19-5-10-24(42-3)11-6-19;2*3-2(4,5)1(6)7/h4-11,14-18H,12-13H2,1-3H3,(H3,31,32)(H,33,40)(H,35,39)(H,36,41);2*(H,6,7)/b8-4+;;. The molecule has 22 heteroatoms. The number of amidine groups is 1. The highest BCUT2D eigenvalue weighted by Gasteiger charge is 2.38. The normalized spacial score (nSPS) is 10.9. The fraction of sp³-hybridized carbons (Fsp3) is 0.206. The lowest BCUT2D eigenvalue weighted by molar-refractivity contribution is -0.193. The maximum Gasteiger partial charge on any atom is 0.490 e. The number of anilines is 2. The number of hydrogen-bond donors (Lipinski definition) is 7. The number of alkyl halides is 6. The molecule has 3 amide bonds. The van der Waals surface area contributed by atoms with Crippen LogP contribution in [0.5, 0.6) is 5.75 Å². The number of ether oxygens (including phenoxy) is 1. The van der Waals surface area contributed by atoms with Crippen molar-refractivity contribution in [2.75, 3.05) is 24.3 Å². The first-order valence-corrected chi connectivity index (χ1v) is 15.5. The van der Waals surface area contributed by atoms with Crippen molar-refractivity contribution in [3.63, 3.8) is 0 Å². The third kappa shape index (κ3) is 14.7. The number of rotatable bonds is 11. The summed E-state index contributed by atoms with van der Waals surface area (Å²) in [7, 11) is 4.99. The number of methoxy groups -OCH3 is 1. The Labute approximate surface area is 313 Å². The van der Waals surface area contributed by atoms with E-state index < -0.39 is 30.2 Å². The first-order valence-electron chi connectivity index (χ1n) is 15.5. The molecule has 0 saturated heterocycles. The van der Waals surface area contributed by atoms with Crippen LogP contribution >= 0.6 is 0 Å². The van der Waals surface area contributed by atoms with Crippen molar-refractivity contribution >= 4 is 59.0 Å². The zero-order valence-corrected chi connectivity index (χ0v) is 29.5. The van der Waals surface area contributed by atoms with Gasteiger partial charge in [-0.2, -0.15) is 26.3 Å². The van der Waals surface area contributed by atoms with Gasteiger partial charge in [-0.1, -0.05) is 18.2 Å². The van der Waals surface area contributed by atoms with E-state index in [0.29, 0.717) is 34.0 Å². The number of carbonyl (C=O) groups excluding carboxylic acids is 3. The van der Waals surface area contributed by atoms with Crippen molar-refractivity contribution in [2.45, 2.75) is 18.8 Å². The number of carbonyl (C=O) groups is 5. The van der Waals surface area contributed by atoms with E-state index in [-0.39, 0.29) is 30.6 Å². The molecule has 0 fully saturated rings. The van der Waals surface area contributed by atoms with Gasteiger partial charge in [-0.05, 0) is 48.0 Å². The van der Waals surface area contributed by atoms with Crippen molar-refractivity contribution in [3.8, 4) is 5.75 Å². The van der Waals surface area contributed by atoms with Gasteiger partial charge in [-0.25, -0.2) is 9.59 Å². The second-order valence-corrected chi connectivity index (χ2v) is 11.1. The minimum atomic E-state index is -5.08. The number of carboxylic acids is 2. The molecule has 56 heavy (non-hydrogen) atoms. The van der Waals surface area contributed by atoms with Gasteiger partial charge in [0.25, 0.3) is 17.7 Å². The Bertz CT molecular complexity index is 2030. The third-order valence-corrected chi connectivity index (χ3v) is 6.77. The highest BCUT2D eigenvalue weighted by molar-refractivity contribution is 6.07. The Hall–Kier alpha value is -7.13. The number of amides is 3. The number of nitrogens with two attached hydrogens (primary N) is 1. The molecule has 0 unspecified atom stereocenters. The molecule has 0 aliphatic heterocycles. The molecule has 0 radical (unpaired) electrons. The summed E-state index contributed by atoms with van der Waals surface area (Å²) in [6.07, 6.45) is -1.42. The SMILES string of the molecule is COc1ccc(/C=C/c2ccc(C(=O)Nc3cc(C(=O)Nc4cc(C(=O)NCCC(=N)N)n(C)c4)n(C)c3)cn2)cc1.O=C(O)C(F)(F)F.O=C(O)C(F)(F)F. The van der Waals surface area contributed by atoms with Crippen molar-refractivity contribution in [3.05, 3.63) is 95.3 Å². The molecule has 4 rings (SSSR count). The first kappa shape index (κ1) is 45.0. The summed E-state index contributed by atoms with van der Waals surface area (Å²) in [5.74, 6) is -5.88. The van der Waals surface area contributed by atoms with E-state index in [9.17, 15) is 40.7 Å². The number of aliphatic carboxylic acids is 2. The van der Waals surface area contributed by atoms with Crippen molar-refractivity contribution in [2.24, 2.45) is 19.8 Å². The van der Waals surface area contributed by atoms with Gasteiger partial charge < -0.3 is 45.8 Å². The quantitative estimate of drug-likeness (QED) is 0.0623. The zero-order chi connectivity index (χ0) is 42.4. The molecule has 3 aromatic heterocycles. The van der Waals surface area contributed by atoms with Crippen LogP contribution in [-0.2, 0) is 23.7 Å². The molecular formula is C34H34F6N8O8. The van der Waals surface area contributed by atoms with Crippen LogP contribution in [0, 0.1) is 5.41 Å². The fourth-order valence-corrected chi connectivity index (χ4v) is 4.05. The molecule has 1 aromatic carbocycles. The molecule has 0 aliphatic carbocycles. The first-order chi connectivity index (χ1) is 26.0. The largest absolute Gasteiger partial charge is 0.497 e. The summed E-state index contributed by atoms with van der Waals surface area (Å²) < 4.78 is 71.8. The van der Waals surface area contributed by atoms with E-state index in [1.807, 2.05) is 36.4 Å². The Balaban J connectivity index is 0.000000657. The number of halogens is 6. The molecule has 16 nitrogen and oxygen atoms in total. The van der Waals surface area contributed by atoms with Crippen LogP contribution in [0.15, 0.2) is 67.1 Å². The van der Waals surface area contributed by atoms with E-state index >= 15 is 0 Å². The lowest BCUT2D eigenvalue weighted by atomic mass is 10.1. The van der Waals surface area contributed by atoms with Gasteiger partial charge >= 0.3 is 24.3 Å². The number of pyridine rings is 1. The monoisotopic (exact) mass is 796 g/mol. The summed E-state index contributed by atoms with van der Waals surface area (Å²) in [5, 5.41) is 29.7. The molecule has 0 spiro atoms. The zero-order valence-electron chi connectivity index (χ0n) is 29.5. The predicted octanol–water partition coefficient (Wildman–Crippen LogP) is 4.76. The Morgan fingerprint density at radius 1 is 0.804 bits per heavy atom. The van der Waals surface area contributed by atoms with E-state index in [4.69, 9.17) is 35.7 Å². The average Bonchev–Trinajstić information content (AvgIpc) is 3.67. The van der Waals surface area contributed by atoms with Crippen molar-refractivity contribution in [1.29, 1.82) is 5.41 Å². The summed E-state index contributed by atoms with van der Waals surface area (Å²) >= 11 is 0. The molecule has 0 bridgehead atoms. The van der Waals surface area contributed by atoms with Gasteiger partial charge in [-0.15, -0.1) is 0 Å². The van der Waals surface area contributed by atoms with Crippen LogP contribution in [-0.4, -0.2) is 85.8 Å². The maximum atomic E-state index is 13.0. The number of aryl methyl sites for hydroxylation is 2. The van der Waals surface area contributed by atoms with Gasteiger partial charge in [0.1, 0.15) is 17.1 Å². The topological polar surface area (TPSA) is 244 Å². The minimum absolute atomic E-state index is 0.0167. The van der Waals surface area contributed by atoms with Gasteiger partial charge in [0.15, 0.2) is 0 Å². The van der Waals surface area contributed by atoms with Crippen LogP contribution in [0.25, 0.3) is 12.2 Å². The van der Waals surface area contributed by atoms with Gasteiger partial charge in [0, 0.05) is 45.7 Å². The van der Waals surface area contributed by atoms with Gasteiger partial charge in [0.2, 0.25) is 0 Å². The number of nitrogens with zero attached hydrogens (tertiary/aromatic N) is 3. The second-order valence-electron chi connectivity index (χ2n) is 11.1. The molecule has 0 saturated carbocycles. The second kappa shape index (κ2) is 19.8. The summed E-state index contributed by atoms with van der Waals surface area (Å²) in [6, 6.07) is 14.1.